The van der Waals surface area contributed by atoms with Crippen molar-refractivity contribution in [3.8, 4) is 11.3 Å². The van der Waals surface area contributed by atoms with Crippen molar-refractivity contribution in [1.29, 1.82) is 0 Å². The molecule has 24 heavy (non-hydrogen) atoms. The second kappa shape index (κ2) is 6.09. The van der Waals surface area contributed by atoms with E-state index < -0.39 is 0 Å². The van der Waals surface area contributed by atoms with E-state index in [1.807, 2.05) is 11.4 Å². The molecule has 0 amide bonds. The highest BCUT2D eigenvalue weighted by Crippen LogP contribution is 2.41. The monoisotopic (exact) mass is 342 g/mol. The first-order chi connectivity index (χ1) is 11.6. The van der Waals surface area contributed by atoms with Gasteiger partial charge >= 0.3 is 0 Å². The van der Waals surface area contributed by atoms with Crippen LogP contribution >= 0.6 is 11.6 Å². The molecule has 0 atom stereocenters. The molecule has 0 unspecified atom stereocenters. The van der Waals surface area contributed by atoms with E-state index in [1.54, 1.807) is 12.5 Å². The summed E-state index contributed by atoms with van der Waals surface area (Å²) in [6.45, 7) is 4.30. The van der Waals surface area contributed by atoms with Crippen molar-refractivity contribution in [3.05, 3.63) is 35.3 Å². The standard InChI is InChI=1S/C17H19ClN6/c1-10-3-5-12(6-4-10)16-14(15-13(18)7-19-8-20-15)11(2)23-17-21-9-22-24(16)17/h7-10,12H,3-6H2,1-2H3. The number of aryl methyl sites for hydroxylation is 1. The lowest BCUT2D eigenvalue weighted by atomic mass is 9.79. The predicted molar refractivity (Wildman–Crippen MR) is 91.9 cm³/mol. The van der Waals surface area contributed by atoms with Crippen LogP contribution in [0.2, 0.25) is 5.02 Å². The van der Waals surface area contributed by atoms with Crippen molar-refractivity contribution in [3.63, 3.8) is 0 Å². The van der Waals surface area contributed by atoms with Crippen molar-refractivity contribution in [2.24, 2.45) is 5.92 Å². The second-order valence-electron chi connectivity index (χ2n) is 6.61. The minimum absolute atomic E-state index is 0.410. The third-order valence-corrected chi connectivity index (χ3v) is 5.23. The van der Waals surface area contributed by atoms with Crippen molar-refractivity contribution in [1.82, 2.24) is 29.5 Å². The lowest BCUT2D eigenvalue weighted by Gasteiger charge is -2.28. The van der Waals surface area contributed by atoms with Crippen LogP contribution in [0.3, 0.4) is 0 Å². The summed E-state index contributed by atoms with van der Waals surface area (Å²) in [6.07, 6.45) is 9.42. The molecule has 0 aliphatic heterocycles. The van der Waals surface area contributed by atoms with Gasteiger partial charge in [0.15, 0.2) is 0 Å². The molecule has 4 rings (SSSR count). The van der Waals surface area contributed by atoms with E-state index in [2.05, 4.69) is 32.0 Å². The first-order valence-corrected chi connectivity index (χ1v) is 8.69. The average Bonchev–Trinajstić information content (AvgIpc) is 3.03. The Hall–Kier alpha value is -2.08. The van der Waals surface area contributed by atoms with Crippen molar-refractivity contribution < 1.29 is 0 Å². The van der Waals surface area contributed by atoms with E-state index in [1.165, 1.54) is 19.2 Å². The summed E-state index contributed by atoms with van der Waals surface area (Å²) in [4.78, 5) is 17.3. The highest BCUT2D eigenvalue weighted by molar-refractivity contribution is 6.32. The zero-order chi connectivity index (χ0) is 16.7. The van der Waals surface area contributed by atoms with E-state index in [0.717, 1.165) is 41.4 Å². The normalized spacial score (nSPS) is 21.3. The molecule has 6 nitrogen and oxygen atoms in total. The number of hydrogen-bond acceptors (Lipinski definition) is 5. The molecule has 0 aromatic carbocycles. The predicted octanol–water partition coefficient (Wildman–Crippen LogP) is 3.84. The molecule has 1 aliphatic carbocycles. The summed E-state index contributed by atoms with van der Waals surface area (Å²) < 4.78 is 1.86. The maximum Gasteiger partial charge on any atom is 0.252 e. The summed E-state index contributed by atoms with van der Waals surface area (Å²) >= 11 is 6.39. The zero-order valence-corrected chi connectivity index (χ0v) is 14.5. The maximum atomic E-state index is 6.39. The van der Waals surface area contributed by atoms with E-state index in [4.69, 9.17) is 11.6 Å². The third kappa shape index (κ3) is 2.55. The molecule has 3 heterocycles. The lowest BCUT2D eigenvalue weighted by molar-refractivity contribution is 0.341. The van der Waals surface area contributed by atoms with Crippen LogP contribution in [0.4, 0.5) is 0 Å². The van der Waals surface area contributed by atoms with E-state index in [0.29, 0.717) is 16.7 Å². The first-order valence-electron chi connectivity index (χ1n) is 8.31. The van der Waals surface area contributed by atoms with Crippen LogP contribution in [0.5, 0.6) is 0 Å². The molecule has 124 valence electrons. The van der Waals surface area contributed by atoms with Crippen molar-refractivity contribution >= 4 is 17.4 Å². The third-order valence-electron chi connectivity index (χ3n) is 4.95. The van der Waals surface area contributed by atoms with Gasteiger partial charge in [-0.05, 0) is 25.7 Å². The van der Waals surface area contributed by atoms with Crippen molar-refractivity contribution in [2.75, 3.05) is 0 Å². The molecule has 7 heteroatoms. The summed E-state index contributed by atoms with van der Waals surface area (Å²) in [5.41, 5.74) is 3.70. The fourth-order valence-electron chi connectivity index (χ4n) is 3.68. The Labute approximate surface area is 145 Å². The molecule has 0 spiro atoms. The van der Waals surface area contributed by atoms with Gasteiger partial charge in [-0.2, -0.15) is 10.1 Å². The Kier molecular flexibility index (Phi) is 3.92. The molecule has 0 radical (unpaired) electrons. The first kappa shape index (κ1) is 15.4. The molecule has 0 N–H and O–H groups in total. The van der Waals surface area contributed by atoms with Gasteiger partial charge in [0, 0.05) is 17.7 Å². The minimum Gasteiger partial charge on any atom is -0.243 e. The number of rotatable bonds is 2. The second-order valence-corrected chi connectivity index (χ2v) is 7.01. The fraction of sp³-hybridized carbons (Fsp3) is 0.471. The molecular weight excluding hydrogens is 324 g/mol. The van der Waals surface area contributed by atoms with Gasteiger partial charge in [0.1, 0.15) is 12.7 Å². The van der Waals surface area contributed by atoms with Crippen molar-refractivity contribution in [2.45, 2.75) is 45.4 Å². The molecule has 1 saturated carbocycles. The van der Waals surface area contributed by atoms with Crippen LogP contribution in [0.15, 0.2) is 18.9 Å². The Bertz CT molecular complexity index is 882. The number of aromatic nitrogens is 6. The molecule has 3 aromatic rings. The molecule has 0 saturated heterocycles. The highest BCUT2D eigenvalue weighted by atomic mass is 35.5. The van der Waals surface area contributed by atoms with Gasteiger partial charge in [0.05, 0.1) is 22.1 Å². The summed E-state index contributed by atoms with van der Waals surface area (Å²) in [5.74, 6) is 1.82. The van der Waals surface area contributed by atoms with Gasteiger partial charge in [-0.25, -0.2) is 19.5 Å². The van der Waals surface area contributed by atoms with Gasteiger partial charge in [0.25, 0.3) is 5.78 Å². The number of fused-ring (bicyclic) bond motifs is 1. The summed E-state index contributed by atoms with van der Waals surface area (Å²) in [5, 5.41) is 4.96. The van der Waals surface area contributed by atoms with Gasteiger partial charge < -0.3 is 0 Å². The van der Waals surface area contributed by atoms with Crippen LogP contribution in [0.1, 0.15) is 49.9 Å². The molecule has 1 fully saturated rings. The van der Waals surface area contributed by atoms with Crippen LogP contribution in [-0.4, -0.2) is 29.5 Å². The number of hydrogen-bond donors (Lipinski definition) is 0. The topological polar surface area (TPSA) is 68.9 Å². The van der Waals surface area contributed by atoms with E-state index in [-0.39, 0.29) is 0 Å². The molecule has 3 aromatic heterocycles. The van der Waals surface area contributed by atoms with Crippen LogP contribution in [0, 0.1) is 12.8 Å². The Morgan fingerprint density at radius 1 is 1.12 bits per heavy atom. The number of nitrogens with zero attached hydrogens (tertiary/aromatic N) is 6. The maximum absolute atomic E-state index is 6.39. The van der Waals surface area contributed by atoms with Gasteiger partial charge in [-0.15, -0.1) is 0 Å². The SMILES string of the molecule is Cc1nc2ncnn2c(C2CCC(C)CC2)c1-c1ncncc1Cl. The van der Waals surface area contributed by atoms with Crippen LogP contribution in [0.25, 0.3) is 17.0 Å². The zero-order valence-electron chi connectivity index (χ0n) is 13.8. The Morgan fingerprint density at radius 3 is 2.67 bits per heavy atom. The van der Waals surface area contributed by atoms with Crippen LogP contribution < -0.4 is 0 Å². The Morgan fingerprint density at radius 2 is 1.92 bits per heavy atom. The van der Waals surface area contributed by atoms with E-state index in [9.17, 15) is 0 Å². The van der Waals surface area contributed by atoms with Gasteiger partial charge in [-0.3, -0.25) is 0 Å². The Balaban J connectivity index is 1.97. The fourth-order valence-corrected chi connectivity index (χ4v) is 3.88. The summed E-state index contributed by atoms with van der Waals surface area (Å²) in [7, 11) is 0. The highest BCUT2D eigenvalue weighted by Gasteiger charge is 2.28. The molecule has 1 aliphatic rings. The van der Waals surface area contributed by atoms with Crippen LogP contribution in [-0.2, 0) is 0 Å². The van der Waals surface area contributed by atoms with Gasteiger partial charge in [0.2, 0.25) is 0 Å². The average molecular weight is 343 g/mol. The largest absolute Gasteiger partial charge is 0.252 e. The van der Waals surface area contributed by atoms with Gasteiger partial charge in [-0.1, -0.05) is 31.4 Å². The number of halogens is 1. The van der Waals surface area contributed by atoms with E-state index >= 15 is 0 Å². The quantitative estimate of drug-likeness (QED) is 0.707. The molecule has 0 bridgehead atoms. The summed E-state index contributed by atoms with van der Waals surface area (Å²) in [6, 6.07) is 0. The smallest absolute Gasteiger partial charge is 0.243 e. The lowest BCUT2D eigenvalue weighted by Crippen LogP contribution is -2.17. The minimum atomic E-state index is 0.410. The molecular formula is C17H19ClN6.